The summed E-state index contributed by atoms with van der Waals surface area (Å²) in [5.74, 6) is -6.10. The highest BCUT2D eigenvalue weighted by molar-refractivity contribution is 6.31. The summed E-state index contributed by atoms with van der Waals surface area (Å²) in [5, 5.41) is 56.4. The van der Waals surface area contributed by atoms with Gasteiger partial charge in [0.25, 0.3) is 0 Å². The molecular formula is C42H51NO16. The molecule has 59 heavy (non-hydrogen) atoms. The maximum atomic E-state index is 14.0. The van der Waals surface area contributed by atoms with Gasteiger partial charge in [-0.05, 0) is 77.2 Å². The van der Waals surface area contributed by atoms with E-state index in [0.29, 0.717) is 0 Å². The van der Waals surface area contributed by atoms with Crippen LogP contribution in [-0.4, -0.2) is 142 Å². The van der Waals surface area contributed by atoms with Gasteiger partial charge in [0, 0.05) is 36.4 Å². The number of nitrogens with zero attached hydrogens (tertiary/aromatic N) is 1. The number of likely N-dealkylation sites (N-methyl/N-ethyl adjacent to an activating group) is 1. The number of rotatable bonds is 9. The van der Waals surface area contributed by atoms with E-state index in [1.807, 2.05) is 19.0 Å². The van der Waals surface area contributed by atoms with Crippen LogP contribution < -0.4 is 0 Å². The molecule has 3 aliphatic heterocycles. The highest BCUT2D eigenvalue weighted by atomic mass is 16.7. The summed E-state index contributed by atoms with van der Waals surface area (Å²) in [4.78, 5) is 55.0. The highest BCUT2D eigenvalue weighted by Gasteiger charge is 2.54. The Kier molecular flexibility index (Phi) is 11.8. The van der Waals surface area contributed by atoms with Crippen molar-refractivity contribution in [2.75, 3.05) is 21.2 Å². The zero-order valence-corrected chi connectivity index (χ0v) is 33.8. The van der Waals surface area contributed by atoms with Crippen LogP contribution in [-0.2, 0) is 42.7 Å². The minimum Gasteiger partial charge on any atom is -0.507 e. The van der Waals surface area contributed by atoms with Crippen LogP contribution in [0.4, 0.5) is 0 Å². The lowest BCUT2D eigenvalue weighted by atomic mass is 9.67. The van der Waals surface area contributed by atoms with Crippen LogP contribution in [0.3, 0.4) is 0 Å². The van der Waals surface area contributed by atoms with Gasteiger partial charge < -0.3 is 63.6 Å². The molecule has 0 saturated carbocycles. The van der Waals surface area contributed by atoms with Gasteiger partial charge in [-0.1, -0.05) is 6.92 Å². The molecule has 0 amide bonds. The van der Waals surface area contributed by atoms with E-state index in [-0.39, 0.29) is 54.2 Å². The predicted molar refractivity (Wildman–Crippen MR) is 203 cm³/mol. The van der Waals surface area contributed by atoms with Crippen LogP contribution in [0, 0.1) is 0 Å². The lowest BCUT2D eigenvalue weighted by Crippen LogP contribution is -2.58. The van der Waals surface area contributed by atoms with Crippen molar-refractivity contribution in [3.8, 4) is 17.2 Å². The number of aromatic hydroxyl groups is 3. The second-order valence-corrected chi connectivity index (χ2v) is 16.1. The molecule has 0 bridgehead atoms. The second-order valence-electron chi connectivity index (χ2n) is 16.1. The Hall–Kier alpha value is -4.30. The Morgan fingerprint density at radius 2 is 1.51 bits per heavy atom. The van der Waals surface area contributed by atoms with Gasteiger partial charge in [0.2, 0.25) is 5.78 Å². The van der Waals surface area contributed by atoms with Crippen LogP contribution >= 0.6 is 0 Å². The zero-order valence-electron chi connectivity index (χ0n) is 33.8. The van der Waals surface area contributed by atoms with E-state index < -0.39 is 125 Å². The normalized spacial score (nSPS) is 35.6. The van der Waals surface area contributed by atoms with Gasteiger partial charge in [-0.2, -0.15) is 0 Å². The van der Waals surface area contributed by atoms with Crippen LogP contribution in [0.1, 0.15) is 108 Å². The van der Waals surface area contributed by atoms with Crippen molar-refractivity contribution in [2.45, 2.75) is 133 Å². The number of aliphatic hydroxyl groups is 2. The smallest absolute Gasteiger partial charge is 0.316 e. The number of fused-ring (bicyclic) bond motifs is 3. The Bertz CT molecular complexity index is 2040. The molecule has 3 heterocycles. The predicted octanol–water partition coefficient (Wildman–Crippen LogP) is 2.64. The molecule has 13 atom stereocenters. The zero-order chi connectivity index (χ0) is 42.8. The molecule has 2 fully saturated rings. The Labute approximate surface area is 340 Å². The minimum absolute atomic E-state index is 0.00866. The van der Waals surface area contributed by atoms with Crippen LogP contribution in [0.15, 0.2) is 30.4 Å². The van der Waals surface area contributed by atoms with E-state index in [0.717, 1.165) is 19.2 Å². The molecule has 2 aromatic carbocycles. The lowest BCUT2D eigenvalue weighted by molar-refractivity contribution is -0.320. The van der Waals surface area contributed by atoms with Crippen molar-refractivity contribution in [3.63, 3.8) is 0 Å². The van der Waals surface area contributed by atoms with E-state index in [9.17, 15) is 44.7 Å². The van der Waals surface area contributed by atoms with Gasteiger partial charge in [0.1, 0.15) is 41.5 Å². The third-order valence-corrected chi connectivity index (χ3v) is 12.2. The largest absolute Gasteiger partial charge is 0.507 e. The van der Waals surface area contributed by atoms with E-state index >= 15 is 0 Å². The van der Waals surface area contributed by atoms with Crippen LogP contribution in [0.5, 0.6) is 17.2 Å². The summed E-state index contributed by atoms with van der Waals surface area (Å²) in [6.45, 7) is 6.80. The van der Waals surface area contributed by atoms with Gasteiger partial charge in [-0.15, -0.1) is 0 Å². The molecule has 2 saturated heterocycles. The minimum atomic E-state index is -1.81. The SMILES string of the molecule is CCC1(O)C[C@H](O[C@H]2C[C@H](N(C)C)[C@H](O[C@H]3C[C@H](O)[C@H](O[C@H]4C=CC(=O)[C@H](C)O4)[C@H](C)O3)[C@H](C)O2)c2c(cc3c(c2O)C(=O)c2c(O)ccc(O)c2C3=O)[C@H]1C(=O)OC. The number of benzene rings is 2. The number of aliphatic hydroxyl groups excluding tert-OH is 1. The van der Waals surface area contributed by atoms with Crippen molar-refractivity contribution in [3.05, 3.63) is 63.7 Å². The Balaban J connectivity index is 1.15. The van der Waals surface area contributed by atoms with Gasteiger partial charge in [-0.25, -0.2) is 0 Å². The summed E-state index contributed by atoms with van der Waals surface area (Å²) in [6, 6.07) is 3.00. The molecule has 320 valence electrons. The number of carbonyl (C=O) groups is 4. The molecule has 5 aliphatic rings. The molecule has 7 rings (SSSR count). The topological polar surface area (TPSA) is 237 Å². The first kappa shape index (κ1) is 42.8. The molecule has 2 aliphatic carbocycles. The molecule has 17 heteroatoms. The maximum Gasteiger partial charge on any atom is 0.316 e. The van der Waals surface area contributed by atoms with Gasteiger partial charge in [0.15, 0.2) is 30.4 Å². The van der Waals surface area contributed by atoms with E-state index in [1.165, 1.54) is 18.2 Å². The van der Waals surface area contributed by atoms with E-state index in [4.69, 9.17) is 33.2 Å². The second kappa shape index (κ2) is 16.3. The van der Waals surface area contributed by atoms with Gasteiger partial charge in [0.05, 0.1) is 53.8 Å². The molecular weight excluding hydrogens is 774 g/mol. The maximum absolute atomic E-state index is 14.0. The van der Waals surface area contributed by atoms with Gasteiger partial charge in [-0.3, -0.25) is 19.2 Å². The molecule has 5 N–H and O–H groups in total. The number of esters is 1. The highest BCUT2D eigenvalue weighted by Crippen LogP contribution is 2.54. The number of phenols is 3. The average molecular weight is 826 g/mol. The number of ketones is 3. The Morgan fingerprint density at radius 1 is 0.881 bits per heavy atom. The van der Waals surface area contributed by atoms with E-state index in [1.54, 1.807) is 27.7 Å². The van der Waals surface area contributed by atoms with Crippen LogP contribution in [0.2, 0.25) is 0 Å². The first-order valence-electron chi connectivity index (χ1n) is 19.7. The summed E-state index contributed by atoms with van der Waals surface area (Å²) in [5.41, 5.74) is -3.60. The van der Waals surface area contributed by atoms with Crippen molar-refractivity contribution in [1.82, 2.24) is 4.90 Å². The first-order chi connectivity index (χ1) is 27.9. The van der Waals surface area contributed by atoms with Gasteiger partial charge >= 0.3 is 5.97 Å². The molecule has 2 aromatic rings. The number of methoxy groups -OCH3 is 1. The molecule has 17 nitrogen and oxygen atoms in total. The number of carbonyl (C=O) groups excluding carboxylic acids is 4. The molecule has 0 spiro atoms. The fourth-order valence-corrected chi connectivity index (χ4v) is 9.08. The fourth-order valence-electron chi connectivity index (χ4n) is 9.08. The van der Waals surface area contributed by atoms with Crippen molar-refractivity contribution < 1.29 is 77.9 Å². The molecule has 0 aromatic heterocycles. The summed E-state index contributed by atoms with van der Waals surface area (Å²) < 4.78 is 42.3. The summed E-state index contributed by atoms with van der Waals surface area (Å²) in [7, 11) is 4.84. The van der Waals surface area contributed by atoms with E-state index in [2.05, 4.69) is 0 Å². The van der Waals surface area contributed by atoms with Crippen LogP contribution in [0.25, 0.3) is 0 Å². The molecule has 0 radical (unpaired) electrons. The number of hydrogen-bond acceptors (Lipinski definition) is 17. The third-order valence-electron chi connectivity index (χ3n) is 12.2. The average Bonchev–Trinajstić information content (AvgIpc) is 3.17. The van der Waals surface area contributed by atoms with Crippen molar-refractivity contribution in [1.29, 1.82) is 0 Å². The summed E-state index contributed by atoms with van der Waals surface area (Å²) >= 11 is 0. The molecule has 1 unspecified atom stereocenters. The standard InChI is InChI=1S/C42H51NO16/c1-8-42(52)16-27(31-20(35(42)41(51)53-7)13-21-32(37(31)49)38(50)34-25(46)10-9-24(45)33(34)36(21)48)57-29-14-22(43(5)6)39(18(3)55-29)59-30-15-26(47)40(19(4)56-30)58-28-12-11-23(44)17(2)54-28/h9-13,17-19,22,26-30,35,39-40,45-47,49,52H,8,14-16H2,1-7H3/t17-,18-,19-,22-,26-,27-,28-,29-,30-,35-,39+,40+,42?/m0/s1. The third kappa shape index (κ3) is 7.57. The number of hydrogen-bond donors (Lipinski definition) is 5. The first-order valence-corrected chi connectivity index (χ1v) is 19.7. The number of phenolic OH excluding ortho intramolecular Hbond substituents is 3. The monoisotopic (exact) mass is 825 g/mol. The Morgan fingerprint density at radius 3 is 2.10 bits per heavy atom. The quantitative estimate of drug-likeness (QED) is 0.154. The fraction of sp³-hybridized carbons (Fsp3) is 0.571. The number of ether oxygens (including phenoxy) is 7. The summed E-state index contributed by atoms with van der Waals surface area (Å²) in [6.07, 6.45) is -5.29. The van der Waals surface area contributed by atoms with Crippen molar-refractivity contribution >= 4 is 23.3 Å². The van der Waals surface area contributed by atoms with Crippen molar-refractivity contribution in [2.24, 2.45) is 0 Å². The lowest BCUT2D eigenvalue weighted by Gasteiger charge is -2.48.